The van der Waals surface area contributed by atoms with Gasteiger partial charge >= 0.3 is 6.18 Å². The first kappa shape index (κ1) is 42.1. The number of nitrogens with one attached hydrogen (secondary N) is 3. The molecule has 1 atom stereocenters. The zero-order valence-electron chi connectivity index (χ0n) is 32.7. The summed E-state index contributed by atoms with van der Waals surface area (Å²) >= 11 is 0. The summed E-state index contributed by atoms with van der Waals surface area (Å²) in [5, 5.41) is 10.9. The summed E-state index contributed by atoms with van der Waals surface area (Å²) < 4.78 is 103. The highest BCUT2D eigenvalue weighted by Crippen LogP contribution is 2.37. The molecule has 1 aromatic carbocycles. The number of piperidine rings is 1. The Hall–Kier alpha value is -5.57. The Balaban J connectivity index is 0.787. The second-order valence-electron chi connectivity index (χ2n) is 16.0. The van der Waals surface area contributed by atoms with E-state index in [9.17, 15) is 36.3 Å². The highest BCUT2D eigenvalue weighted by Gasteiger charge is 2.36. The van der Waals surface area contributed by atoms with Crippen LogP contribution in [0.1, 0.15) is 78.7 Å². The molecular weight excluding hydrogens is 817 g/mol. The lowest BCUT2D eigenvalue weighted by atomic mass is 9.89. The third-order valence-corrected chi connectivity index (χ3v) is 11.9. The molecule has 0 spiro atoms. The van der Waals surface area contributed by atoms with E-state index in [1.165, 1.54) is 41.3 Å². The third kappa shape index (κ3) is 9.66. The molecule has 21 heteroatoms. The van der Waals surface area contributed by atoms with Gasteiger partial charge in [-0.05, 0) is 56.4 Å². The van der Waals surface area contributed by atoms with Crippen LogP contribution in [0.4, 0.5) is 47.9 Å². The first-order valence-electron chi connectivity index (χ1n) is 20.1. The average molecular weight is 861 g/mol. The number of hydrogen-bond acceptors (Lipinski definition) is 11. The second kappa shape index (κ2) is 17.4. The number of imide groups is 1. The van der Waals surface area contributed by atoms with Gasteiger partial charge in [0.05, 0.1) is 17.6 Å². The second-order valence-corrected chi connectivity index (χ2v) is 16.0. The molecule has 0 unspecified atom stereocenters. The van der Waals surface area contributed by atoms with E-state index in [-0.39, 0.29) is 53.1 Å². The Kier molecular flexibility index (Phi) is 12.0. The summed E-state index contributed by atoms with van der Waals surface area (Å²) in [5.74, 6) is -4.42. The summed E-state index contributed by atoms with van der Waals surface area (Å²) in [6, 6.07) is 5.41. The molecule has 1 saturated carbocycles. The van der Waals surface area contributed by atoms with E-state index in [1.807, 2.05) is 4.90 Å². The molecule has 0 bridgehead atoms. The Morgan fingerprint density at radius 2 is 1.67 bits per heavy atom. The number of benzene rings is 1. The molecule has 1 aliphatic carbocycles. The van der Waals surface area contributed by atoms with Crippen LogP contribution in [0.2, 0.25) is 0 Å². The van der Waals surface area contributed by atoms with Gasteiger partial charge < -0.3 is 24.9 Å². The number of rotatable bonds is 12. The molecule has 4 aromatic rings. The number of nitrogens with zero attached hydrogens (tertiary/aromatic N) is 7. The molecule has 3 aromatic heterocycles. The van der Waals surface area contributed by atoms with Gasteiger partial charge in [0.2, 0.25) is 17.7 Å². The maximum atomic E-state index is 15.1. The van der Waals surface area contributed by atoms with Crippen LogP contribution in [0.5, 0.6) is 0 Å². The highest BCUT2D eigenvalue weighted by atomic mass is 19.4. The number of anilines is 3. The molecule has 14 nitrogen and oxygen atoms in total. The van der Waals surface area contributed by atoms with Crippen molar-refractivity contribution >= 4 is 34.9 Å². The fraction of sp³-hybridized carbons (Fsp3) is 0.500. The Morgan fingerprint density at radius 1 is 0.967 bits per heavy atom. The zero-order chi connectivity index (χ0) is 43.0. The minimum atomic E-state index is -4.46. The average Bonchev–Trinajstić information content (AvgIpc) is 3.88. The van der Waals surface area contributed by atoms with Crippen LogP contribution in [0.15, 0.2) is 47.3 Å². The van der Waals surface area contributed by atoms with Gasteiger partial charge in [-0.1, -0.05) is 0 Å². The molecule has 4 fully saturated rings. The fourth-order valence-electron chi connectivity index (χ4n) is 8.71. The van der Waals surface area contributed by atoms with Crippen LogP contribution in [0.3, 0.4) is 0 Å². The minimum absolute atomic E-state index is 0.0302. The molecule has 3 aliphatic heterocycles. The number of amides is 3. The normalized spacial score (nSPS) is 22.0. The first-order valence-corrected chi connectivity index (χ1v) is 20.1. The van der Waals surface area contributed by atoms with Crippen molar-refractivity contribution in [3.8, 4) is 11.5 Å². The molecule has 8 rings (SSSR count). The monoisotopic (exact) mass is 860 g/mol. The molecule has 3 amide bonds. The number of alkyl halides is 5. The maximum absolute atomic E-state index is 15.1. The Bertz CT molecular complexity index is 2220. The smallest absolute Gasteiger partial charge is 0.405 e. The number of oxazole rings is 1. The first-order chi connectivity index (χ1) is 29.2. The molecule has 61 heavy (non-hydrogen) atoms. The number of halogens is 7. The van der Waals surface area contributed by atoms with E-state index in [0.717, 1.165) is 51.8 Å². The summed E-state index contributed by atoms with van der Waals surface area (Å²) in [5.41, 5.74) is -0.611. The van der Waals surface area contributed by atoms with Gasteiger partial charge in [0.1, 0.15) is 30.3 Å². The van der Waals surface area contributed by atoms with E-state index in [4.69, 9.17) is 4.42 Å². The van der Waals surface area contributed by atoms with Gasteiger partial charge in [0.15, 0.2) is 11.4 Å². The largest absolute Gasteiger partial charge is 0.444 e. The van der Waals surface area contributed by atoms with E-state index in [0.29, 0.717) is 43.6 Å². The SMILES string of the molecule is O=C1CC[C@H](c2c(F)cc(N3CC(CN4CCN(C5CCC(n6cc(NC(=O)c7coc(-c8ccnc(NCC(F)(F)F)c8)n7)c(C(F)F)n6)CC5)CC4)C3)cc2F)C(=O)N1. The van der Waals surface area contributed by atoms with Gasteiger partial charge in [-0.2, -0.15) is 18.3 Å². The van der Waals surface area contributed by atoms with E-state index >= 15 is 8.78 Å². The Morgan fingerprint density at radius 3 is 2.34 bits per heavy atom. The predicted molar refractivity (Wildman–Crippen MR) is 206 cm³/mol. The molecule has 326 valence electrons. The van der Waals surface area contributed by atoms with Gasteiger partial charge in [0.25, 0.3) is 12.3 Å². The van der Waals surface area contributed by atoms with Crippen LogP contribution in [-0.4, -0.2) is 112 Å². The summed E-state index contributed by atoms with van der Waals surface area (Å²) in [6.45, 7) is 4.34. The van der Waals surface area contributed by atoms with Crippen molar-refractivity contribution in [3.63, 3.8) is 0 Å². The number of aromatic nitrogens is 4. The molecule has 3 N–H and O–H groups in total. The number of pyridine rings is 1. The minimum Gasteiger partial charge on any atom is -0.444 e. The van der Waals surface area contributed by atoms with Crippen molar-refractivity contribution in [3.05, 3.63) is 71.5 Å². The lowest BCUT2D eigenvalue weighted by molar-refractivity contribution is -0.134. The van der Waals surface area contributed by atoms with Crippen molar-refractivity contribution in [2.45, 2.75) is 69.1 Å². The predicted octanol–water partition coefficient (Wildman–Crippen LogP) is 6.13. The summed E-state index contributed by atoms with van der Waals surface area (Å²) in [7, 11) is 0. The third-order valence-electron chi connectivity index (χ3n) is 11.9. The van der Waals surface area contributed by atoms with Crippen molar-refractivity contribution in [2.24, 2.45) is 5.92 Å². The zero-order valence-corrected chi connectivity index (χ0v) is 32.7. The standard InChI is InChI=1S/C40H43F7N10O4/c41-28-14-26(15-29(42)34(28)27-5-6-33(58)52-37(27)59)56-17-22(18-56)16-54-9-11-55(12-10-54)24-1-3-25(4-2-24)57-19-30(35(53-57)36(43)44)50-38(60)31-20-61-39(51-31)23-7-8-48-32(13-23)49-21-40(45,46)47/h7-8,13-15,19-20,22,24-25,27,36H,1-6,9-12,16-18,21H2,(H,48,49)(H,50,60)(H,52,58,59)/t24?,25?,27-/m1/s1. The van der Waals surface area contributed by atoms with E-state index in [1.54, 1.807) is 0 Å². The van der Waals surface area contributed by atoms with Crippen molar-refractivity contribution in [1.82, 2.24) is 34.9 Å². The Labute approximate surface area is 344 Å². The number of carbonyl (C=O) groups excluding carboxylic acids is 3. The van der Waals surface area contributed by atoms with Crippen LogP contribution in [0.25, 0.3) is 11.5 Å². The van der Waals surface area contributed by atoms with Crippen molar-refractivity contribution < 1.29 is 49.5 Å². The molecule has 0 radical (unpaired) electrons. The van der Waals surface area contributed by atoms with E-state index < -0.39 is 60.1 Å². The molecule has 3 saturated heterocycles. The number of carbonyl (C=O) groups is 3. The molecular formula is C40H43F7N10O4. The summed E-state index contributed by atoms with van der Waals surface area (Å²) in [4.78, 5) is 51.5. The van der Waals surface area contributed by atoms with Crippen LogP contribution in [-0.2, 0) is 9.59 Å². The van der Waals surface area contributed by atoms with E-state index in [2.05, 4.69) is 40.8 Å². The highest BCUT2D eigenvalue weighted by molar-refractivity contribution is 6.03. The fourth-order valence-corrected chi connectivity index (χ4v) is 8.71. The topological polar surface area (TPSA) is 154 Å². The van der Waals surface area contributed by atoms with Gasteiger partial charge in [-0.15, -0.1) is 0 Å². The van der Waals surface area contributed by atoms with Crippen LogP contribution in [0, 0.1) is 17.6 Å². The quantitative estimate of drug-likeness (QED) is 0.111. The number of hydrogen-bond donors (Lipinski definition) is 3. The van der Waals surface area contributed by atoms with Gasteiger partial charge in [-0.3, -0.25) is 29.3 Å². The van der Waals surface area contributed by atoms with Gasteiger partial charge in [-0.25, -0.2) is 27.5 Å². The lowest BCUT2D eigenvalue weighted by Crippen LogP contribution is -2.56. The molecule has 4 aliphatic rings. The number of piperazine rings is 1. The van der Waals surface area contributed by atoms with Crippen LogP contribution >= 0.6 is 0 Å². The lowest BCUT2D eigenvalue weighted by Gasteiger charge is -2.46. The maximum Gasteiger partial charge on any atom is 0.405 e. The summed E-state index contributed by atoms with van der Waals surface area (Å²) in [6.07, 6.45) is -0.585. The molecule has 6 heterocycles. The van der Waals surface area contributed by atoms with Gasteiger partial charge in [0, 0.05) is 93.4 Å². The van der Waals surface area contributed by atoms with Crippen LogP contribution < -0.4 is 20.9 Å². The van der Waals surface area contributed by atoms with Crippen molar-refractivity contribution in [1.29, 1.82) is 0 Å². The van der Waals surface area contributed by atoms with Crippen molar-refractivity contribution in [2.75, 3.05) is 67.9 Å².